The van der Waals surface area contributed by atoms with E-state index in [0.29, 0.717) is 16.6 Å². The molecule has 0 aromatic heterocycles. The van der Waals surface area contributed by atoms with Crippen molar-refractivity contribution >= 4 is 17.9 Å². The molecule has 0 saturated heterocycles. The molecule has 0 spiro atoms. The van der Waals surface area contributed by atoms with Gasteiger partial charge in [-0.05, 0) is 30.9 Å². The van der Waals surface area contributed by atoms with Crippen LogP contribution in [0.3, 0.4) is 0 Å². The first-order valence-electron chi connectivity index (χ1n) is 6.52. The van der Waals surface area contributed by atoms with E-state index in [-0.39, 0.29) is 0 Å². The van der Waals surface area contributed by atoms with Gasteiger partial charge in [0.1, 0.15) is 0 Å². The highest BCUT2D eigenvalue weighted by molar-refractivity contribution is 7.91. The summed E-state index contributed by atoms with van der Waals surface area (Å²) in [6.45, 7) is 9.09. The molecular weight excluding hydrogens is 260 g/mol. The minimum Gasteiger partial charge on any atom is -0.224 e. The van der Waals surface area contributed by atoms with Crippen LogP contribution in [0.5, 0.6) is 0 Å². The summed E-state index contributed by atoms with van der Waals surface area (Å²) in [6.07, 6.45) is 0.795. The van der Waals surface area contributed by atoms with E-state index in [4.69, 9.17) is 0 Å². The van der Waals surface area contributed by atoms with E-state index in [1.807, 2.05) is 13.0 Å². The highest BCUT2D eigenvalue weighted by Gasteiger charge is 2.32. The molecule has 1 heterocycles. The molecule has 0 bridgehead atoms. The lowest BCUT2D eigenvalue weighted by atomic mass is 9.96. The van der Waals surface area contributed by atoms with Crippen molar-refractivity contribution in [1.29, 1.82) is 0 Å². The summed E-state index contributed by atoms with van der Waals surface area (Å²) >= 11 is 0. The van der Waals surface area contributed by atoms with Gasteiger partial charge < -0.3 is 0 Å². The van der Waals surface area contributed by atoms with Crippen molar-refractivity contribution in [3.63, 3.8) is 0 Å². The van der Waals surface area contributed by atoms with Gasteiger partial charge in [-0.3, -0.25) is 0 Å². The lowest BCUT2D eigenvalue weighted by Gasteiger charge is -2.30. The van der Waals surface area contributed by atoms with Crippen LogP contribution in [-0.2, 0) is 9.84 Å². The Bertz CT molecular complexity index is 556. The summed E-state index contributed by atoms with van der Waals surface area (Å²) in [6, 6.07) is 6.97. The number of hydrogen-bond donors (Lipinski definition) is 0. The fraction of sp³-hybridized carbons (Fsp3) is 0.571. The van der Waals surface area contributed by atoms with E-state index >= 15 is 0 Å². The molecule has 1 aromatic rings. The molecule has 0 fully saturated rings. The van der Waals surface area contributed by atoms with Gasteiger partial charge in [0.15, 0.2) is 9.84 Å². The molecule has 1 aliphatic heterocycles. The van der Waals surface area contributed by atoms with Gasteiger partial charge in [-0.2, -0.15) is 0 Å². The molecular formula is C14H22O2SSi. The van der Waals surface area contributed by atoms with Crippen molar-refractivity contribution in [1.82, 2.24) is 0 Å². The third-order valence-electron chi connectivity index (χ3n) is 3.53. The highest BCUT2D eigenvalue weighted by atomic mass is 32.2. The minimum absolute atomic E-state index is 0.318. The van der Waals surface area contributed by atoms with Crippen LogP contribution in [0, 0.1) is 6.92 Å². The zero-order valence-electron chi connectivity index (χ0n) is 11.7. The fourth-order valence-electron chi connectivity index (χ4n) is 2.78. The Hall–Kier alpha value is -0.613. The molecule has 0 saturated carbocycles. The van der Waals surface area contributed by atoms with E-state index in [2.05, 4.69) is 25.7 Å². The molecule has 2 rings (SSSR count). The summed E-state index contributed by atoms with van der Waals surface area (Å²) < 4.78 is 24.2. The summed E-state index contributed by atoms with van der Waals surface area (Å²) in [5.74, 6) is 0.758. The third kappa shape index (κ3) is 2.86. The standard InChI is InChI=1S/C14H22O2SSi/c1-11-5-6-14-13(9-11)12(10-18(2,3)4)7-8-17(14,15)16/h5-6,9,12H,7-8,10H2,1-4H3. The number of sulfone groups is 1. The Labute approximate surface area is 111 Å². The van der Waals surface area contributed by atoms with Crippen LogP contribution < -0.4 is 0 Å². The first-order chi connectivity index (χ1) is 8.19. The van der Waals surface area contributed by atoms with E-state index < -0.39 is 17.9 Å². The van der Waals surface area contributed by atoms with Gasteiger partial charge in [0.25, 0.3) is 0 Å². The van der Waals surface area contributed by atoms with Gasteiger partial charge in [0, 0.05) is 8.07 Å². The molecule has 100 valence electrons. The summed E-state index contributed by atoms with van der Waals surface area (Å²) in [5, 5.41) is 0. The molecule has 0 N–H and O–H groups in total. The monoisotopic (exact) mass is 282 g/mol. The van der Waals surface area contributed by atoms with Gasteiger partial charge >= 0.3 is 0 Å². The highest BCUT2D eigenvalue weighted by Crippen LogP contribution is 2.39. The normalized spacial score (nSPS) is 22.6. The maximum Gasteiger partial charge on any atom is 0.178 e. The second-order valence-electron chi connectivity index (χ2n) is 6.61. The smallest absolute Gasteiger partial charge is 0.178 e. The second-order valence-corrected chi connectivity index (χ2v) is 14.2. The molecule has 4 heteroatoms. The molecule has 1 atom stereocenters. The topological polar surface area (TPSA) is 34.1 Å². The van der Waals surface area contributed by atoms with Gasteiger partial charge in [-0.1, -0.05) is 43.4 Å². The van der Waals surface area contributed by atoms with Crippen LogP contribution in [0.4, 0.5) is 0 Å². The Morgan fingerprint density at radius 3 is 2.56 bits per heavy atom. The van der Waals surface area contributed by atoms with Crippen molar-refractivity contribution < 1.29 is 8.42 Å². The number of rotatable bonds is 2. The zero-order valence-corrected chi connectivity index (χ0v) is 13.5. The van der Waals surface area contributed by atoms with Gasteiger partial charge in [-0.15, -0.1) is 0 Å². The predicted octanol–water partition coefficient (Wildman–Crippen LogP) is 3.59. The molecule has 0 amide bonds. The Morgan fingerprint density at radius 1 is 1.28 bits per heavy atom. The molecule has 18 heavy (non-hydrogen) atoms. The van der Waals surface area contributed by atoms with Crippen molar-refractivity contribution in [2.75, 3.05) is 5.75 Å². The molecule has 2 nitrogen and oxygen atoms in total. The first-order valence-corrected chi connectivity index (χ1v) is 11.9. The van der Waals surface area contributed by atoms with Crippen LogP contribution in [-0.4, -0.2) is 22.2 Å². The Balaban J connectivity index is 2.48. The van der Waals surface area contributed by atoms with Gasteiger partial charge in [-0.25, -0.2) is 8.42 Å². The maximum absolute atomic E-state index is 12.1. The van der Waals surface area contributed by atoms with Crippen LogP contribution in [0.2, 0.25) is 25.7 Å². The SMILES string of the molecule is Cc1ccc2c(c1)C(C[Si](C)(C)C)CCS2(=O)=O. The lowest BCUT2D eigenvalue weighted by Crippen LogP contribution is -2.28. The quantitative estimate of drug-likeness (QED) is 0.777. The van der Waals surface area contributed by atoms with Gasteiger partial charge in [0.05, 0.1) is 10.6 Å². The molecule has 0 aliphatic carbocycles. The van der Waals surface area contributed by atoms with Crippen molar-refractivity contribution in [2.24, 2.45) is 0 Å². The number of benzene rings is 1. The molecule has 1 unspecified atom stereocenters. The van der Waals surface area contributed by atoms with Crippen LogP contribution in [0.15, 0.2) is 23.1 Å². The third-order valence-corrected chi connectivity index (χ3v) is 7.07. The Morgan fingerprint density at radius 2 is 1.94 bits per heavy atom. The Kier molecular flexibility index (Phi) is 3.45. The van der Waals surface area contributed by atoms with E-state index in [1.165, 1.54) is 6.04 Å². The van der Waals surface area contributed by atoms with Crippen molar-refractivity contribution in [3.8, 4) is 0 Å². The van der Waals surface area contributed by atoms with Crippen LogP contribution in [0.1, 0.15) is 23.5 Å². The second kappa shape index (κ2) is 4.49. The van der Waals surface area contributed by atoms with Crippen molar-refractivity contribution in [3.05, 3.63) is 29.3 Å². The zero-order chi connectivity index (χ0) is 13.6. The summed E-state index contributed by atoms with van der Waals surface area (Å²) in [4.78, 5) is 0.586. The molecule has 1 aromatic carbocycles. The maximum atomic E-state index is 12.1. The van der Waals surface area contributed by atoms with E-state index in [1.54, 1.807) is 6.07 Å². The molecule has 1 aliphatic rings. The number of aryl methyl sites for hydroxylation is 1. The van der Waals surface area contributed by atoms with Crippen LogP contribution in [0.25, 0.3) is 0 Å². The average molecular weight is 282 g/mol. The summed E-state index contributed by atoms with van der Waals surface area (Å²) in [5.41, 5.74) is 2.23. The fourth-order valence-corrected chi connectivity index (χ4v) is 6.36. The molecule has 0 radical (unpaired) electrons. The first kappa shape index (κ1) is 13.8. The average Bonchev–Trinajstić information content (AvgIpc) is 2.21. The largest absolute Gasteiger partial charge is 0.224 e. The van der Waals surface area contributed by atoms with Crippen LogP contribution >= 0.6 is 0 Å². The van der Waals surface area contributed by atoms with Gasteiger partial charge in [0.2, 0.25) is 0 Å². The number of hydrogen-bond acceptors (Lipinski definition) is 2. The lowest BCUT2D eigenvalue weighted by molar-refractivity contribution is 0.572. The summed E-state index contributed by atoms with van der Waals surface area (Å²) in [7, 11) is -4.20. The number of fused-ring (bicyclic) bond motifs is 1. The van der Waals surface area contributed by atoms with E-state index in [0.717, 1.165) is 17.5 Å². The predicted molar refractivity (Wildman–Crippen MR) is 78.7 cm³/mol. The van der Waals surface area contributed by atoms with Crippen molar-refractivity contribution in [2.45, 2.75) is 49.8 Å². The minimum atomic E-state index is -3.03. The van der Waals surface area contributed by atoms with E-state index in [9.17, 15) is 8.42 Å².